The van der Waals surface area contributed by atoms with Crippen molar-refractivity contribution in [3.8, 4) is 11.5 Å². The second kappa shape index (κ2) is 34.9. The number of rotatable bonds is 20. The Hall–Kier alpha value is -4.91. The largest absolute Gasteiger partial charge is 0.507 e. The van der Waals surface area contributed by atoms with E-state index in [1.165, 1.54) is 12.1 Å². The van der Waals surface area contributed by atoms with Crippen LogP contribution in [0.3, 0.4) is 0 Å². The van der Waals surface area contributed by atoms with Crippen LogP contribution < -0.4 is 21.3 Å². The molecule has 0 saturated carbocycles. The topological polar surface area (TPSA) is 333 Å². The molecule has 4 saturated heterocycles. The number of phenolic OH excluding ortho intramolecular Hbond substituents is 2. The smallest absolute Gasteiger partial charge is 0.316 e. The first-order valence-corrected chi connectivity index (χ1v) is 33.3. The van der Waals surface area contributed by atoms with E-state index in [1.54, 1.807) is 52.4 Å². The summed E-state index contributed by atoms with van der Waals surface area (Å²) in [6.45, 7) is 18.9. The number of aromatic hydroxyl groups is 2. The predicted molar refractivity (Wildman–Crippen MR) is 362 cm³/mol. The van der Waals surface area contributed by atoms with Crippen LogP contribution in [0.25, 0.3) is 0 Å². The number of ether oxygens (including phenoxy) is 10. The van der Waals surface area contributed by atoms with Gasteiger partial charge in [0.1, 0.15) is 53.5 Å². The average Bonchev–Trinajstić information content (AvgIpc) is 1.08. The van der Waals surface area contributed by atoms with Crippen molar-refractivity contribution in [1.82, 2.24) is 10.6 Å². The van der Waals surface area contributed by atoms with E-state index in [1.807, 2.05) is 32.1 Å². The van der Waals surface area contributed by atoms with Gasteiger partial charge in [-0.3, -0.25) is 14.4 Å². The van der Waals surface area contributed by atoms with E-state index in [0.717, 1.165) is 12.0 Å². The van der Waals surface area contributed by atoms with E-state index in [-0.39, 0.29) is 114 Å². The Labute approximate surface area is 575 Å². The first-order chi connectivity index (χ1) is 45.0. The summed E-state index contributed by atoms with van der Waals surface area (Å²) in [5.41, 5.74) is 0.812. The molecule has 10 rings (SSSR count). The molecule has 20 unspecified atom stereocenters. The third kappa shape index (κ3) is 17.3. The van der Waals surface area contributed by atoms with Crippen LogP contribution >= 0.6 is 24.8 Å². The van der Waals surface area contributed by atoms with Crippen molar-refractivity contribution in [1.29, 1.82) is 0 Å². The van der Waals surface area contributed by atoms with Gasteiger partial charge in [0, 0.05) is 102 Å². The number of hydrogen-bond donors (Lipinski definition) is 11. The molecule has 96 heavy (non-hydrogen) atoms. The fourth-order valence-electron chi connectivity index (χ4n) is 14.2. The van der Waals surface area contributed by atoms with E-state index < -0.39 is 102 Å². The van der Waals surface area contributed by atoms with Crippen LogP contribution in [0, 0.1) is 23.7 Å². The van der Waals surface area contributed by atoms with Crippen LogP contribution in [-0.4, -0.2) is 224 Å². The zero-order valence-electron chi connectivity index (χ0n) is 56.6. The van der Waals surface area contributed by atoms with E-state index in [9.17, 15) is 39.9 Å². The highest BCUT2D eigenvalue weighted by atomic mass is 35.5. The molecule has 24 nitrogen and oxygen atoms in total. The Balaban J connectivity index is 0.000000323. The lowest BCUT2D eigenvalue weighted by Crippen LogP contribution is -2.58. The summed E-state index contributed by atoms with van der Waals surface area (Å²) in [5.74, 6) is -4.42. The summed E-state index contributed by atoms with van der Waals surface area (Å²) in [6, 6.07) is 5.74. The molecule has 6 heterocycles. The van der Waals surface area contributed by atoms with Gasteiger partial charge in [0.05, 0.1) is 84.8 Å². The zero-order valence-corrected chi connectivity index (χ0v) is 58.2. The van der Waals surface area contributed by atoms with E-state index in [0.29, 0.717) is 93.9 Å². The molecule has 536 valence electrons. The molecule has 1 spiro atoms. The van der Waals surface area contributed by atoms with Gasteiger partial charge in [0.2, 0.25) is 11.6 Å². The van der Waals surface area contributed by atoms with E-state index >= 15 is 0 Å². The van der Waals surface area contributed by atoms with Gasteiger partial charge in [0.25, 0.3) is 0 Å². The molecule has 4 fully saturated rings. The molecule has 0 amide bonds. The lowest BCUT2D eigenvalue weighted by Gasteiger charge is -2.48. The minimum atomic E-state index is -1.84. The van der Waals surface area contributed by atoms with E-state index in [2.05, 4.69) is 61.1 Å². The van der Waals surface area contributed by atoms with Gasteiger partial charge >= 0.3 is 5.97 Å². The standard InChI is InChI=1S/C48H72O14.C22H28N4O6.2ClH/c1-11-25(2)43-28(5)17-18-47(62-43)23-34-20-33(61-47)16-15-27(4)42(26(3)13-12-14-32-24-55-45-40(49)29(6)19-35(46(51)58-34)48(32,45)52)59-39-22-37(54-10)44(31(8)57-39)60-38-21-36(53-9)41(50)30(7)56-38;27-11-9-23-5-7-25-13-1-2-14(26-8-6-24-10-12-28)18-17(13)21(31)19-15(29)3-4-16(30)20(19)22(18)32;;/h12-15,17-19,25-26,28,30-31,33-45,49-50,52H,11,16,20-24H2,1-10H3;1-4,23-30H,5-12H2;2*1H. The fraction of sp³-hybridized carbons (Fsp3) is 0.643. The van der Waals surface area contributed by atoms with Gasteiger partial charge in [0.15, 0.2) is 18.4 Å². The van der Waals surface area contributed by atoms with Gasteiger partial charge in [-0.15, -0.1) is 24.8 Å². The number of allylic oxidation sites excluding steroid dienone is 2. The maximum Gasteiger partial charge on any atom is 0.316 e. The van der Waals surface area contributed by atoms with Crippen molar-refractivity contribution in [3.05, 3.63) is 106 Å². The van der Waals surface area contributed by atoms with Crippen LogP contribution in [-0.2, 0) is 52.2 Å². The molecular weight excluding hydrogens is 1290 g/mol. The highest BCUT2D eigenvalue weighted by molar-refractivity contribution is 6.33. The summed E-state index contributed by atoms with van der Waals surface area (Å²) >= 11 is 0. The number of fused-ring (bicyclic) bond motifs is 4. The van der Waals surface area contributed by atoms with Crippen molar-refractivity contribution < 1.29 is 97.5 Å². The summed E-state index contributed by atoms with van der Waals surface area (Å²) in [7, 11) is 3.22. The number of nitrogens with one attached hydrogen (secondary N) is 4. The van der Waals surface area contributed by atoms with Gasteiger partial charge in [-0.1, -0.05) is 70.6 Å². The fourth-order valence-corrected chi connectivity index (χ4v) is 14.2. The quantitative estimate of drug-likeness (QED) is 0.0264. The second-order valence-electron chi connectivity index (χ2n) is 26.2. The number of carbonyl (C=O) groups excluding carboxylic acids is 3. The molecule has 2 aliphatic carbocycles. The highest BCUT2D eigenvalue weighted by Gasteiger charge is 2.60. The maximum atomic E-state index is 14.3. The first kappa shape index (κ1) is 78.4. The van der Waals surface area contributed by atoms with Gasteiger partial charge in [-0.25, -0.2) is 0 Å². The maximum absolute atomic E-state index is 14.3. The Morgan fingerprint density at radius 2 is 1.30 bits per heavy atom. The molecular formula is C70H102Cl2N4O20. The number of anilines is 2. The number of carbonyl (C=O) groups is 3. The van der Waals surface area contributed by atoms with Crippen molar-refractivity contribution in [3.63, 3.8) is 0 Å². The Morgan fingerprint density at radius 1 is 0.708 bits per heavy atom. The number of benzene rings is 2. The van der Waals surface area contributed by atoms with Gasteiger partial charge in [-0.2, -0.15) is 0 Å². The molecule has 20 atom stereocenters. The van der Waals surface area contributed by atoms with Crippen molar-refractivity contribution in [2.45, 2.75) is 191 Å². The van der Waals surface area contributed by atoms with Crippen molar-refractivity contribution >= 4 is 53.7 Å². The van der Waals surface area contributed by atoms with Crippen LogP contribution in [0.15, 0.2) is 83.5 Å². The van der Waals surface area contributed by atoms with Gasteiger partial charge < -0.3 is 104 Å². The SMILES string of the molecule is CCC(C)C1OC2(C=CC1C)CC1CC(CC=C(C)C(OC3CC(OC)C(OC4CC(OC)C(O)C(C)O4)C(C)O3)C(C)C=CC=C3COC4C(O)C(C)=CC(C(=O)O1)C34O)O2.Cl.Cl.O=C1c2c(O)ccc(O)c2C(=O)c2c(NCCNCCO)ccc(NCCNCCO)c21. The predicted octanol–water partition coefficient (Wildman–Crippen LogP) is 6.08. The molecule has 2 aromatic rings. The normalized spacial score (nSPS) is 34.5. The van der Waals surface area contributed by atoms with Crippen LogP contribution in [0.1, 0.15) is 126 Å². The summed E-state index contributed by atoms with van der Waals surface area (Å²) in [5, 5.41) is 84.8. The molecule has 6 aliphatic heterocycles. The number of phenols is 2. The second-order valence-corrected chi connectivity index (χ2v) is 26.2. The van der Waals surface area contributed by atoms with E-state index in [4.69, 9.17) is 57.6 Å². The average molecular weight is 1390 g/mol. The summed E-state index contributed by atoms with van der Waals surface area (Å²) < 4.78 is 63.7. The third-order valence-corrected chi connectivity index (χ3v) is 19.6. The van der Waals surface area contributed by atoms with Crippen LogP contribution in [0.5, 0.6) is 11.5 Å². The minimum absolute atomic E-state index is 0. The first-order valence-electron chi connectivity index (χ1n) is 33.3. The monoisotopic (exact) mass is 1390 g/mol. The Morgan fingerprint density at radius 3 is 1.90 bits per heavy atom. The molecule has 11 N–H and O–H groups in total. The molecule has 0 radical (unpaired) electrons. The highest BCUT2D eigenvalue weighted by Crippen LogP contribution is 2.48. The Kier molecular flexibility index (Phi) is 28.5. The summed E-state index contributed by atoms with van der Waals surface area (Å²) in [4.78, 5) is 41.1. The number of aliphatic hydroxyl groups excluding tert-OH is 4. The number of ketones is 2. The molecule has 0 aromatic heterocycles. The minimum Gasteiger partial charge on any atom is -0.507 e. The van der Waals surface area contributed by atoms with Crippen molar-refractivity contribution in [2.24, 2.45) is 23.7 Å². The summed E-state index contributed by atoms with van der Waals surface area (Å²) in [6.07, 6.45) is 8.55. The molecule has 26 heteroatoms. The van der Waals surface area contributed by atoms with Crippen LogP contribution in [0.2, 0.25) is 0 Å². The van der Waals surface area contributed by atoms with Crippen molar-refractivity contribution in [2.75, 3.05) is 83.9 Å². The number of hydrogen-bond acceptors (Lipinski definition) is 24. The zero-order chi connectivity index (χ0) is 67.8. The number of aliphatic hydroxyl groups is 5. The molecule has 2 aromatic carbocycles. The number of methoxy groups -OCH3 is 2. The number of halogens is 2. The van der Waals surface area contributed by atoms with Gasteiger partial charge in [-0.05, 0) is 87.1 Å². The third-order valence-electron chi connectivity index (χ3n) is 19.6. The number of esters is 1. The molecule has 8 aliphatic rings. The lowest BCUT2D eigenvalue weighted by molar-refractivity contribution is -0.318. The van der Waals surface area contributed by atoms with Crippen LogP contribution in [0.4, 0.5) is 11.4 Å². The lowest BCUT2D eigenvalue weighted by atomic mass is 9.71. The molecule has 2 bridgehead atoms. The Bertz CT molecular complexity index is 3050.